The van der Waals surface area contributed by atoms with E-state index >= 15 is 0 Å². The van der Waals surface area contributed by atoms with Crippen LogP contribution >= 0.6 is 0 Å². The van der Waals surface area contributed by atoms with Gasteiger partial charge in [-0.2, -0.15) is 0 Å². The summed E-state index contributed by atoms with van der Waals surface area (Å²) in [4.78, 5) is 15.4. The van der Waals surface area contributed by atoms with E-state index in [0.29, 0.717) is 49.3 Å². The molecule has 33 heavy (non-hydrogen) atoms. The van der Waals surface area contributed by atoms with Gasteiger partial charge in [0.2, 0.25) is 0 Å². The Hall–Kier alpha value is -3.01. The molecule has 6 heteroatoms. The molecule has 1 amide bonds. The third-order valence-electron chi connectivity index (χ3n) is 5.89. The van der Waals surface area contributed by atoms with Crippen LogP contribution in [0.1, 0.15) is 41.3 Å². The molecular weight excluding hydrogens is 416 g/mol. The summed E-state index contributed by atoms with van der Waals surface area (Å²) in [5.74, 6) is 6.97. The summed E-state index contributed by atoms with van der Waals surface area (Å²) in [5, 5.41) is 3.09. The first kappa shape index (κ1) is 24.6. The molecular formula is C27H34N2O4. The Kier molecular flexibility index (Phi) is 9.61. The van der Waals surface area contributed by atoms with Crippen LogP contribution in [0.25, 0.3) is 0 Å². The van der Waals surface area contributed by atoms with Crippen LogP contribution in [0, 0.1) is 11.8 Å². The van der Waals surface area contributed by atoms with Gasteiger partial charge in [-0.1, -0.05) is 49.1 Å². The van der Waals surface area contributed by atoms with Crippen molar-refractivity contribution >= 4 is 5.91 Å². The lowest BCUT2D eigenvalue weighted by atomic mass is 10.0. The second-order valence-corrected chi connectivity index (χ2v) is 8.02. The summed E-state index contributed by atoms with van der Waals surface area (Å²) in [6.07, 6.45) is 2.77. The van der Waals surface area contributed by atoms with Crippen molar-refractivity contribution in [3.8, 4) is 23.3 Å². The number of nitrogens with zero attached hydrogens (tertiary/aromatic N) is 1. The van der Waals surface area contributed by atoms with Gasteiger partial charge < -0.3 is 19.5 Å². The zero-order chi connectivity index (χ0) is 23.5. The van der Waals surface area contributed by atoms with Gasteiger partial charge in [0.15, 0.2) is 11.5 Å². The van der Waals surface area contributed by atoms with Crippen molar-refractivity contribution in [2.24, 2.45) is 0 Å². The van der Waals surface area contributed by atoms with E-state index < -0.39 is 0 Å². The second-order valence-electron chi connectivity index (χ2n) is 8.02. The van der Waals surface area contributed by atoms with E-state index in [1.807, 2.05) is 42.5 Å². The molecule has 176 valence electrons. The first-order chi connectivity index (χ1) is 16.2. The number of methoxy groups -OCH3 is 2. The van der Waals surface area contributed by atoms with Crippen molar-refractivity contribution in [3.63, 3.8) is 0 Å². The minimum absolute atomic E-state index is 0.158. The SMILES string of the molecule is CCN1CCC[C@H]1CNC(=O)c1cc(CC#CCOCc2ccccc2)cc(OC)c1OC. The Bertz CT molecular complexity index is 965. The minimum atomic E-state index is -0.158. The fourth-order valence-electron chi connectivity index (χ4n) is 4.15. The van der Waals surface area contributed by atoms with Crippen molar-refractivity contribution in [3.05, 3.63) is 59.2 Å². The average molecular weight is 451 g/mol. The highest BCUT2D eigenvalue weighted by Crippen LogP contribution is 2.33. The molecule has 0 radical (unpaired) electrons. The maximum Gasteiger partial charge on any atom is 0.255 e. The molecule has 2 aromatic carbocycles. The maximum absolute atomic E-state index is 13.0. The molecule has 1 atom stereocenters. The van der Waals surface area contributed by atoms with Gasteiger partial charge in [-0.05, 0) is 49.2 Å². The summed E-state index contributed by atoms with van der Waals surface area (Å²) in [7, 11) is 3.12. The number of hydrogen-bond acceptors (Lipinski definition) is 5. The van der Waals surface area contributed by atoms with Crippen LogP contribution < -0.4 is 14.8 Å². The number of carbonyl (C=O) groups excluding carboxylic acids is 1. The van der Waals surface area contributed by atoms with Gasteiger partial charge in [0, 0.05) is 19.0 Å². The highest BCUT2D eigenvalue weighted by atomic mass is 16.5. The lowest BCUT2D eigenvalue weighted by Gasteiger charge is -2.23. The van der Waals surface area contributed by atoms with E-state index in [0.717, 1.165) is 30.6 Å². The first-order valence-electron chi connectivity index (χ1n) is 11.5. The molecule has 3 rings (SSSR count). The highest BCUT2D eigenvalue weighted by molar-refractivity contribution is 5.98. The van der Waals surface area contributed by atoms with Crippen LogP contribution in [0.2, 0.25) is 0 Å². The first-order valence-corrected chi connectivity index (χ1v) is 11.5. The molecule has 1 heterocycles. The number of benzene rings is 2. The predicted molar refractivity (Wildman–Crippen MR) is 130 cm³/mol. The summed E-state index contributed by atoms with van der Waals surface area (Å²) < 4.78 is 16.6. The fraction of sp³-hybridized carbons (Fsp3) is 0.444. The molecule has 1 N–H and O–H groups in total. The van der Waals surface area contributed by atoms with Crippen molar-refractivity contribution in [1.29, 1.82) is 0 Å². The van der Waals surface area contributed by atoms with Crippen molar-refractivity contribution in [1.82, 2.24) is 10.2 Å². The van der Waals surface area contributed by atoms with Gasteiger partial charge in [-0.3, -0.25) is 9.69 Å². The minimum Gasteiger partial charge on any atom is -0.493 e. The summed E-state index contributed by atoms with van der Waals surface area (Å²) in [6, 6.07) is 14.1. The van der Waals surface area contributed by atoms with E-state index in [2.05, 4.69) is 29.0 Å². The normalized spacial score (nSPS) is 15.5. The number of likely N-dealkylation sites (N-methyl/N-ethyl adjacent to an activating group) is 1. The number of amides is 1. The lowest BCUT2D eigenvalue weighted by molar-refractivity contribution is 0.0937. The van der Waals surface area contributed by atoms with E-state index in [9.17, 15) is 4.79 Å². The van der Waals surface area contributed by atoms with Gasteiger partial charge in [-0.25, -0.2) is 0 Å². The molecule has 0 unspecified atom stereocenters. The van der Waals surface area contributed by atoms with Gasteiger partial charge >= 0.3 is 0 Å². The summed E-state index contributed by atoms with van der Waals surface area (Å²) in [6.45, 7) is 5.77. The van der Waals surface area contributed by atoms with Gasteiger partial charge in [0.25, 0.3) is 5.91 Å². The number of hydrogen-bond donors (Lipinski definition) is 1. The Balaban J connectivity index is 1.61. The number of carbonyl (C=O) groups is 1. The third kappa shape index (κ3) is 6.98. The zero-order valence-electron chi connectivity index (χ0n) is 19.9. The largest absolute Gasteiger partial charge is 0.493 e. The fourth-order valence-corrected chi connectivity index (χ4v) is 4.15. The molecule has 0 aliphatic carbocycles. The number of rotatable bonds is 10. The van der Waals surface area contributed by atoms with Crippen LogP contribution in [-0.2, 0) is 17.8 Å². The lowest BCUT2D eigenvalue weighted by Crippen LogP contribution is -2.40. The van der Waals surface area contributed by atoms with Gasteiger partial charge in [0.05, 0.1) is 26.4 Å². The van der Waals surface area contributed by atoms with E-state index in [1.165, 1.54) is 6.42 Å². The standard InChI is InChI=1S/C27H34N2O4/c1-4-29-15-10-14-23(29)19-28-27(30)24-17-22(18-25(31-2)26(24)32-3)13-8-9-16-33-20-21-11-6-5-7-12-21/h5-7,11-12,17-18,23H,4,10,13-16,19-20H2,1-3H3,(H,28,30)/t23-/m0/s1. The molecule has 1 aliphatic heterocycles. The maximum atomic E-state index is 13.0. The molecule has 0 aromatic heterocycles. The molecule has 0 saturated carbocycles. The third-order valence-corrected chi connectivity index (χ3v) is 5.89. The van der Waals surface area contributed by atoms with E-state index in [4.69, 9.17) is 14.2 Å². The van der Waals surface area contributed by atoms with Crippen LogP contribution in [0.3, 0.4) is 0 Å². The van der Waals surface area contributed by atoms with E-state index in [1.54, 1.807) is 14.2 Å². The Morgan fingerprint density at radius 1 is 1.12 bits per heavy atom. The number of likely N-dealkylation sites (tertiary alicyclic amines) is 1. The number of ether oxygens (including phenoxy) is 3. The topological polar surface area (TPSA) is 60.0 Å². The average Bonchev–Trinajstić information content (AvgIpc) is 3.32. The molecule has 0 bridgehead atoms. The molecule has 1 aliphatic rings. The summed E-state index contributed by atoms with van der Waals surface area (Å²) in [5.41, 5.74) is 2.48. The molecule has 2 aromatic rings. The molecule has 1 fully saturated rings. The quantitative estimate of drug-likeness (QED) is 0.442. The van der Waals surface area contributed by atoms with Gasteiger partial charge in [-0.15, -0.1) is 0 Å². The smallest absolute Gasteiger partial charge is 0.255 e. The van der Waals surface area contributed by atoms with Crippen molar-refractivity contribution < 1.29 is 19.0 Å². The molecule has 1 saturated heterocycles. The van der Waals surface area contributed by atoms with Crippen LogP contribution in [-0.4, -0.2) is 57.3 Å². The van der Waals surface area contributed by atoms with Crippen LogP contribution in [0.5, 0.6) is 11.5 Å². The van der Waals surface area contributed by atoms with Crippen molar-refractivity contribution in [2.45, 2.75) is 38.8 Å². The van der Waals surface area contributed by atoms with Crippen LogP contribution in [0.15, 0.2) is 42.5 Å². The van der Waals surface area contributed by atoms with Gasteiger partial charge in [0.1, 0.15) is 6.61 Å². The van der Waals surface area contributed by atoms with E-state index in [-0.39, 0.29) is 5.91 Å². The highest BCUT2D eigenvalue weighted by Gasteiger charge is 2.24. The molecule has 6 nitrogen and oxygen atoms in total. The molecule has 0 spiro atoms. The second kappa shape index (κ2) is 12.9. The Morgan fingerprint density at radius 2 is 1.94 bits per heavy atom. The zero-order valence-corrected chi connectivity index (χ0v) is 19.9. The number of nitrogens with one attached hydrogen (secondary N) is 1. The van der Waals surface area contributed by atoms with Crippen molar-refractivity contribution in [2.75, 3.05) is 40.5 Å². The Labute approximate surface area is 197 Å². The predicted octanol–water partition coefficient (Wildman–Crippen LogP) is 3.68. The Morgan fingerprint density at radius 3 is 2.67 bits per heavy atom. The summed E-state index contributed by atoms with van der Waals surface area (Å²) >= 11 is 0. The monoisotopic (exact) mass is 450 g/mol. The van der Waals surface area contributed by atoms with Crippen LogP contribution in [0.4, 0.5) is 0 Å².